The zero-order chi connectivity index (χ0) is 17.0. The largest absolute Gasteiger partial charge is 0.229 e. The van der Waals surface area contributed by atoms with Crippen LogP contribution in [0.2, 0.25) is 0 Å². The van der Waals surface area contributed by atoms with E-state index in [1.54, 1.807) is 13.8 Å². The molecule has 0 atom stereocenters. The molecule has 1 aromatic rings. The van der Waals surface area contributed by atoms with Crippen LogP contribution in [0.1, 0.15) is 51.5 Å². The van der Waals surface area contributed by atoms with Crippen molar-refractivity contribution in [2.24, 2.45) is 11.8 Å². The fourth-order valence-electron chi connectivity index (χ4n) is 3.33. The predicted molar refractivity (Wildman–Crippen MR) is 89.0 cm³/mol. The summed E-state index contributed by atoms with van der Waals surface area (Å²) in [5.41, 5.74) is 0.178. The number of hydrogen-bond acceptors (Lipinski definition) is 2. The lowest BCUT2D eigenvalue weighted by Crippen LogP contribution is -2.26. The van der Waals surface area contributed by atoms with E-state index in [1.807, 2.05) is 0 Å². The summed E-state index contributed by atoms with van der Waals surface area (Å²) < 4.78 is 51.2. The molecule has 0 unspecified atom stereocenters. The summed E-state index contributed by atoms with van der Waals surface area (Å²) in [5, 5.41) is -0.316. The van der Waals surface area contributed by atoms with Crippen LogP contribution in [-0.4, -0.2) is 19.4 Å². The van der Waals surface area contributed by atoms with Crippen molar-refractivity contribution in [2.75, 3.05) is 5.75 Å². The van der Waals surface area contributed by atoms with E-state index in [2.05, 4.69) is 0 Å². The topological polar surface area (TPSA) is 34.1 Å². The molecule has 1 fully saturated rings. The Kier molecular flexibility index (Phi) is 6.18. The summed E-state index contributed by atoms with van der Waals surface area (Å²) in [5.74, 6) is 0.0126. The Balaban J connectivity index is 1.81. The van der Waals surface area contributed by atoms with Gasteiger partial charge in [-0.2, -0.15) is 0 Å². The summed E-state index contributed by atoms with van der Waals surface area (Å²) in [6, 6.07) is 3.98. The first-order valence-corrected chi connectivity index (χ1v) is 10.2. The highest BCUT2D eigenvalue weighted by molar-refractivity contribution is 7.91. The molecule has 23 heavy (non-hydrogen) atoms. The van der Waals surface area contributed by atoms with Gasteiger partial charge in [0.25, 0.3) is 0 Å². The third kappa shape index (κ3) is 5.00. The normalized spacial score (nSPS) is 22.5. The summed E-state index contributed by atoms with van der Waals surface area (Å²) in [6.07, 6.45) is 4.88. The van der Waals surface area contributed by atoms with E-state index >= 15 is 0 Å². The third-order valence-electron chi connectivity index (χ3n) is 5.02. The Morgan fingerprint density at radius 3 is 2.09 bits per heavy atom. The highest BCUT2D eigenvalue weighted by Crippen LogP contribution is 2.33. The van der Waals surface area contributed by atoms with Crippen molar-refractivity contribution >= 4 is 9.84 Å². The highest BCUT2D eigenvalue weighted by atomic mass is 32.2. The Morgan fingerprint density at radius 2 is 1.57 bits per heavy atom. The molecule has 0 spiro atoms. The standard InChI is InChI=1S/C18H26F2O2S/c1-13(2)23(21,22)12-15-8-6-14(7-9-15)10-11-16-17(19)4-3-5-18(16)20/h3-5,13-15H,6-12H2,1-2H3. The molecule has 2 rings (SSSR count). The first kappa shape index (κ1) is 18.4. The van der Waals surface area contributed by atoms with Gasteiger partial charge in [-0.1, -0.05) is 18.9 Å². The molecule has 1 saturated carbocycles. The maximum atomic E-state index is 13.6. The van der Waals surface area contributed by atoms with Crippen LogP contribution in [0.5, 0.6) is 0 Å². The second kappa shape index (κ2) is 7.73. The van der Waals surface area contributed by atoms with Gasteiger partial charge in [0.1, 0.15) is 11.6 Å². The van der Waals surface area contributed by atoms with Crippen LogP contribution in [-0.2, 0) is 16.3 Å². The first-order valence-electron chi connectivity index (χ1n) is 8.44. The number of hydrogen-bond donors (Lipinski definition) is 0. The van der Waals surface area contributed by atoms with Crippen molar-refractivity contribution in [3.63, 3.8) is 0 Å². The van der Waals surface area contributed by atoms with Crippen LogP contribution >= 0.6 is 0 Å². The van der Waals surface area contributed by atoms with Gasteiger partial charge < -0.3 is 0 Å². The lowest BCUT2D eigenvalue weighted by atomic mass is 9.80. The van der Waals surface area contributed by atoms with Gasteiger partial charge in [-0.05, 0) is 63.5 Å². The molecule has 1 aliphatic carbocycles. The van der Waals surface area contributed by atoms with Crippen LogP contribution in [0.15, 0.2) is 18.2 Å². The van der Waals surface area contributed by atoms with Gasteiger partial charge in [0.05, 0.1) is 11.0 Å². The van der Waals surface area contributed by atoms with Crippen molar-refractivity contribution in [3.8, 4) is 0 Å². The van der Waals surface area contributed by atoms with Gasteiger partial charge in [-0.3, -0.25) is 0 Å². The van der Waals surface area contributed by atoms with E-state index in [0.29, 0.717) is 12.3 Å². The van der Waals surface area contributed by atoms with Crippen molar-refractivity contribution in [1.29, 1.82) is 0 Å². The van der Waals surface area contributed by atoms with Crippen molar-refractivity contribution < 1.29 is 17.2 Å². The van der Waals surface area contributed by atoms with Crippen molar-refractivity contribution in [3.05, 3.63) is 35.4 Å². The Bertz CT molecular complexity index is 598. The van der Waals surface area contributed by atoms with E-state index in [1.165, 1.54) is 18.2 Å². The second-order valence-corrected chi connectivity index (χ2v) is 9.61. The summed E-state index contributed by atoms with van der Waals surface area (Å²) in [7, 11) is -2.98. The first-order chi connectivity index (χ1) is 10.8. The molecule has 0 aromatic heterocycles. The number of halogens is 2. The lowest BCUT2D eigenvalue weighted by molar-refractivity contribution is 0.277. The van der Waals surface area contributed by atoms with Gasteiger partial charge in [0.15, 0.2) is 9.84 Å². The van der Waals surface area contributed by atoms with E-state index in [0.717, 1.165) is 32.1 Å². The predicted octanol–water partition coefficient (Wildman–Crippen LogP) is 4.53. The number of rotatable bonds is 6. The molecule has 0 radical (unpaired) electrons. The van der Waals surface area contributed by atoms with E-state index < -0.39 is 21.5 Å². The van der Waals surface area contributed by atoms with Crippen LogP contribution in [0.25, 0.3) is 0 Å². The Hall–Kier alpha value is -0.970. The summed E-state index contributed by atoms with van der Waals surface area (Å²) in [6.45, 7) is 3.45. The average Bonchev–Trinajstić information content (AvgIpc) is 2.48. The molecule has 0 N–H and O–H groups in total. The fourth-order valence-corrected chi connectivity index (χ4v) is 4.70. The second-order valence-electron chi connectivity index (χ2n) is 7.00. The highest BCUT2D eigenvalue weighted by Gasteiger charge is 2.27. The quantitative estimate of drug-likeness (QED) is 0.760. The van der Waals surface area contributed by atoms with Crippen LogP contribution in [0, 0.1) is 23.5 Å². The third-order valence-corrected chi connectivity index (χ3v) is 7.39. The minimum Gasteiger partial charge on any atom is -0.229 e. The van der Waals surface area contributed by atoms with Gasteiger partial charge in [0.2, 0.25) is 0 Å². The lowest BCUT2D eigenvalue weighted by Gasteiger charge is -2.29. The monoisotopic (exact) mass is 344 g/mol. The summed E-state index contributed by atoms with van der Waals surface area (Å²) in [4.78, 5) is 0. The molecule has 0 aliphatic heterocycles. The maximum absolute atomic E-state index is 13.6. The van der Waals surface area contributed by atoms with Gasteiger partial charge in [-0.15, -0.1) is 0 Å². The zero-order valence-electron chi connectivity index (χ0n) is 13.9. The van der Waals surface area contributed by atoms with Crippen LogP contribution < -0.4 is 0 Å². The van der Waals surface area contributed by atoms with Gasteiger partial charge >= 0.3 is 0 Å². The fraction of sp³-hybridized carbons (Fsp3) is 0.667. The number of sulfone groups is 1. The van der Waals surface area contributed by atoms with Crippen LogP contribution in [0.3, 0.4) is 0 Å². The maximum Gasteiger partial charge on any atom is 0.152 e. The number of benzene rings is 1. The Labute approximate surface area is 138 Å². The van der Waals surface area contributed by atoms with Crippen molar-refractivity contribution in [2.45, 2.75) is 57.6 Å². The molecule has 0 saturated heterocycles. The minimum absolute atomic E-state index is 0.178. The summed E-state index contributed by atoms with van der Waals surface area (Å²) >= 11 is 0. The smallest absolute Gasteiger partial charge is 0.152 e. The van der Waals surface area contributed by atoms with E-state index in [-0.39, 0.29) is 22.5 Å². The molecule has 1 aliphatic rings. The zero-order valence-corrected chi connectivity index (χ0v) is 14.7. The molecule has 5 heteroatoms. The molecular weight excluding hydrogens is 318 g/mol. The minimum atomic E-state index is -2.98. The van der Waals surface area contributed by atoms with Gasteiger partial charge in [-0.25, -0.2) is 17.2 Å². The molecule has 2 nitrogen and oxygen atoms in total. The SMILES string of the molecule is CC(C)S(=O)(=O)CC1CCC(CCc2c(F)cccc2F)CC1. The van der Waals surface area contributed by atoms with Gasteiger partial charge in [0, 0.05) is 5.56 Å². The Morgan fingerprint density at radius 1 is 1.04 bits per heavy atom. The molecule has 0 amide bonds. The van der Waals surface area contributed by atoms with Crippen LogP contribution in [0.4, 0.5) is 8.78 Å². The van der Waals surface area contributed by atoms with E-state index in [9.17, 15) is 17.2 Å². The molecule has 1 aromatic carbocycles. The molecule has 0 bridgehead atoms. The van der Waals surface area contributed by atoms with Crippen molar-refractivity contribution in [1.82, 2.24) is 0 Å². The molecule has 0 heterocycles. The molecular formula is C18H26F2O2S. The molecule has 130 valence electrons. The van der Waals surface area contributed by atoms with E-state index in [4.69, 9.17) is 0 Å². The average molecular weight is 344 g/mol.